The summed E-state index contributed by atoms with van der Waals surface area (Å²) in [6.45, 7) is 0.196. The quantitative estimate of drug-likeness (QED) is 0.757. The molecule has 0 radical (unpaired) electrons. The summed E-state index contributed by atoms with van der Waals surface area (Å²) >= 11 is 0. The zero-order valence-electron chi connectivity index (χ0n) is 7.80. The molecule has 0 spiro atoms. The summed E-state index contributed by atoms with van der Waals surface area (Å²) < 4.78 is 14.2. The molecule has 0 aliphatic rings. The van der Waals surface area contributed by atoms with Crippen molar-refractivity contribution in [3.8, 4) is 5.69 Å². The van der Waals surface area contributed by atoms with Crippen molar-refractivity contribution in [1.82, 2.24) is 15.0 Å². The molecule has 15 heavy (non-hydrogen) atoms. The summed E-state index contributed by atoms with van der Waals surface area (Å²) in [5.41, 5.74) is 1.34. The number of rotatable bonds is 3. The Labute approximate surface area is 85.2 Å². The van der Waals surface area contributed by atoms with Gasteiger partial charge in [0.05, 0.1) is 11.9 Å². The second kappa shape index (κ2) is 4.16. The highest BCUT2D eigenvalue weighted by Gasteiger charge is 2.02. The molecule has 2 rings (SSSR count). The minimum Gasteiger partial charge on any atom is -0.298 e. The molecule has 1 aromatic heterocycles. The molecule has 0 fully saturated rings. The SMILES string of the molecule is NOCc1cn(-c2ccc(F)cc2)nn1. The van der Waals surface area contributed by atoms with Gasteiger partial charge in [0.25, 0.3) is 0 Å². The van der Waals surface area contributed by atoms with Crippen LogP contribution in [0.2, 0.25) is 0 Å². The topological polar surface area (TPSA) is 66.0 Å². The Kier molecular flexibility index (Phi) is 2.70. The van der Waals surface area contributed by atoms with Gasteiger partial charge in [0, 0.05) is 0 Å². The van der Waals surface area contributed by atoms with Gasteiger partial charge >= 0.3 is 0 Å². The van der Waals surface area contributed by atoms with Gasteiger partial charge in [0.1, 0.15) is 18.1 Å². The van der Waals surface area contributed by atoms with E-state index in [0.29, 0.717) is 5.69 Å². The molecule has 5 nitrogen and oxygen atoms in total. The number of nitrogens with zero attached hydrogens (tertiary/aromatic N) is 3. The Balaban J connectivity index is 2.25. The maximum Gasteiger partial charge on any atom is 0.123 e. The smallest absolute Gasteiger partial charge is 0.123 e. The molecule has 0 aliphatic carbocycles. The zero-order valence-corrected chi connectivity index (χ0v) is 7.80. The fourth-order valence-corrected chi connectivity index (χ4v) is 1.17. The van der Waals surface area contributed by atoms with Gasteiger partial charge < -0.3 is 0 Å². The average molecular weight is 208 g/mol. The monoisotopic (exact) mass is 208 g/mol. The van der Waals surface area contributed by atoms with E-state index < -0.39 is 0 Å². The van der Waals surface area contributed by atoms with Crippen LogP contribution in [0.4, 0.5) is 4.39 Å². The van der Waals surface area contributed by atoms with Gasteiger partial charge in [-0.05, 0) is 24.3 Å². The number of aromatic nitrogens is 3. The molecular formula is C9H9FN4O. The minimum atomic E-state index is -0.288. The Morgan fingerprint density at radius 1 is 1.33 bits per heavy atom. The molecule has 0 bridgehead atoms. The Morgan fingerprint density at radius 2 is 2.07 bits per heavy atom. The van der Waals surface area contributed by atoms with E-state index >= 15 is 0 Å². The summed E-state index contributed by atoms with van der Waals surface area (Å²) in [5, 5.41) is 7.66. The largest absolute Gasteiger partial charge is 0.298 e. The highest BCUT2D eigenvalue weighted by molar-refractivity contribution is 5.30. The highest BCUT2D eigenvalue weighted by atomic mass is 19.1. The van der Waals surface area contributed by atoms with E-state index in [0.717, 1.165) is 5.69 Å². The first kappa shape index (κ1) is 9.75. The summed E-state index contributed by atoms with van der Waals surface area (Å²) in [6.07, 6.45) is 1.67. The summed E-state index contributed by atoms with van der Waals surface area (Å²) in [5.74, 6) is 4.61. The van der Waals surface area contributed by atoms with Crippen molar-refractivity contribution in [2.45, 2.75) is 6.61 Å². The van der Waals surface area contributed by atoms with Crippen LogP contribution in [0.15, 0.2) is 30.5 Å². The van der Waals surface area contributed by atoms with E-state index in [1.165, 1.54) is 16.8 Å². The number of hydrogen-bond donors (Lipinski definition) is 1. The Bertz CT molecular complexity index is 440. The van der Waals surface area contributed by atoms with E-state index in [-0.39, 0.29) is 12.4 Å². The van der Waals surface area contributed by atoms with Crippen molar-refractivity contribution in [2.24, 2.45) is 5.90 Å². The first-order valence-electron chi connectivity index (χ1n) is 4.28. The number of hydrogen-bond acceptors (Lipinski definition) is 4. The number of benzene rings is 1. The van der Waals surface area contributed by atoms with E-state index in [4.69, 9.17) is 5.90 Å². The lowest BCUT2D eigenvalue weighted by Gasteiger charge is -1.98. The van der Waals surface area contributed by atoms with Crippen molar-refractivity contribution >= 4 is 0 Å². The lowest BCUT2D eigenvalue weighted by atomic mass is 10.3. The third-order valence-electron chi connectivity index (χ3n) is 1.86. The van der Waals surface area contributed by atoms with Crippen LogP contribution in [0, 0.1) is 5.82 Å². The summed E-state index contributed by atoms with van der Waals surface area (Å²) in [6, 6.07) is 5.93. The molecule has 1 aromatic carbocycles. The Hall–Kier alpha value is -1.79. The van der Waals surface area contributed by atoms with E-state index in [1.54, 1.807) is 18.3 Å². The molecule has 6 heteroatoms. The van der Waals surface area contributed by atoms with E-state index in [9.17, 15) is 4.39 Å². The van der Waals surface area contributed by atoms with Crippen LogP contribution in [-0.2, 0) is 11.4 Å². The molecule has 2 aromatic rings. The standard InChI is InChI=1S/C9H9FN4O/c10-7-1-3-9(4-2-7)14-5-8(6-15-11)12-13-14/h1-5H,6,11H2. The summed E-state index contributed by atoms with van der Waals surface area (Å²) in [4.78, 5) is 4.42. The number of halogens is 1. The lowest BCUT2D eigenvalue weighted by molar-refractivity contribution is 0.121. The molecule has 0 atom stereocenters. The van der Waals surface area contributed by atoms with Crippen LogP contribution in [0.5, 0.6) is 0 Å². The van der Waals surface area contributed by atoms with Crippen LogP contribution >= 0.6 is 0 Å². The van der Waals surface area contributed by atoms with Crippen molar-refractivity contribution in [3.05, 3.63) is 42.0 Å². The molecule has 0 amide bonds. The third kappa shape index (κ3) is 2.17. The van der Waals surface area contributed by atoms with Crippen LogP contribution < -0.4 is 5.90 Å². The Morgan fingerprint density at radius 3 is 2.73 bits per heavy atom. The second-order valence-electron chi connectivity index (χ2n) is 2.94. The van der Waals surface area contributed by atoms with Crippen LogP contribution in [0.25, 0.3) is 5.69 Å². The van der Waals surface area contributed by atoms with Gasteiger partial charge in [-0.25, -0.2) is 15.0 Å². The molecule has 1 heterocycles. The van der Waals surface area contributed by atoms with Gasteiger partial charge in [-0.3, -0.25) is 4.84 Å². The normalized spacial score (nSPS) is 10.5. The summed E-state index contributed by atoms with van der Waals surface area (Å²) in [7, 11) is 0. The van der Waals surface area contributed by atoms with Gasteiger partial charge in [0.15, 0.2) is 0 Å². The van der Waals surface area contributed by atoms with Crippen LogP contribution in [-0.4, -0.2) is 15.0 Å². The van der Waals surface area contributed by atoms with Crippen molar-refractivity contribution in [1.29, 1.82) is 0 Å². The van der Waals surface area contributed by atoms with E-state index in [2.05, 4.69) is 15.1 Å². The predicted octanol–water partition coefficient (Wildman–Crippen LogP) is 0.797. The average Bonchev–Trinajstić information content (AvgIpc) is 2.68. The first-order valence-corrected chi connectivity index (χ1v) is 4.28. The van der Waals surface area contributed by atoms with Crippen LogP contribution in [0.3, 0.4) is 0 Å². The van der Waals surface area contributed by atoms with Crippen molar-refractivity contribution in [2.75, 3.05) is 0 Å². The first-order chi connectivity index (χ1) is 7.29. The molecule has 2 N–H and O–H groups in total. The van der Waals surface area contributed by atoms with E-state index in [1.807, 2.05) is 0 Å². The fourth-order valence-electron chi connectivity index (χ4n) is 1.17. The third-order valence-corrected chi connectivity index (χ3v) is 1.86. The molecule has 0 unspecified atom stereocenters. The minimum absolute atomic E-state index is 0.196. The second-order valence-corrected chi connectivity index (χ2v) is 2.94. The molecule has 0 aliphatic heterocycles. The van der Waals surface area contributed by atoms with Gasteiger partial charge in [0.2, 0.25) is 0 Å². The number of nitrogens with two attached hydrogens (primary N) is 1. The fraction of sp³-hybridized carbons (Fsp3) is 0.111. The molecule has 0 saturated heterocycles. The molecule has 0 saturated carbocycles. The lowest BCUT2D eigenvalue weighted by Crippen LogP contribution is -1.98. The van der Waals surface area contributed by atoms with Gasteiger partial charge in [-0.1, -0.05) is 5.21 Å². The predicted molar refractivity (Wildman–Crippen MR) is 50.3 cm³/mol. The van der Waals surface area contributed by atoms with Gasteiger partial charge in [-0.2, -0.15) is 0 Å². The highest BCUT2D eigenvalue weighted by Crippen LogP contribution is 2.08. The maximum atomic E-state index is 12.6. The van der Waals surface area contributed by atoms with Gasteiger partial charge in [-0.15, -0.1) is 5.10 Å². The van der Waals surface area contributed by atoms with Crippen molar-refractivity contribution < 1.29 is 9.23 Å². The zero-order chi connectivity index (χ0) is 10.7. The molecular weight excluding hydrogens is 199 g/mol. The van der Waals surface area contributed by atoms with Crippen LogP contribution in [0.1, 0.15) is 5.69 Å². The maximum absolute atomic E-state index is 12.6. The molecule has 78 valence electrons. The van der Waals surface area contributed by atoms with Crippen molar-refractivity contribution in [3.63, 3.8) is 0 Å².